The van der Waals surface area contributed by atoms with Gasteiger partial charge in [-0.15, -0.1) is 0 Å². The number of rotatable bonds is 6. The van der Waals surface area contributed by atoms with Crippen LogP contribution in [0, 0.1) is 18.3 Å². The summed E-state index contributed by atoms with van der Waals surface area (Å²) in [6.45, 7) is 4.32. The average Bonchev–Trinajstić information content (AvgIpc) is 3.06. The number of carbonyl (C=O) groups is 2. The first-order valence-electron chi connectivity index (χ1n) is 9.59. The van der Waals surface area contributed by atoms with Crippen LogP contribution in [0.4, 0.5) is 5.69 Å². The second kappa shape index (κ2) is 9.44. The molecule has 2 aromatic carbocycles. The fraction of sp³-hybridized carbons (Fsp3) is 0.261. The van der Waals surface area contributed by atoms with Crippen LogP contribution in [-0.2, 0) is 16.0 Å². The van der Waals surface area contributed by atoms with Gasteiger partial charge in [-0.2, -0.15) is 5.26 Å². The Hall–Kier alpha value is -3.04. The zero-order valence-corrected chi connectivity index (χ0v) is 17.3. The Morgan fingerprint density at radius 1 is 1.17 bits per heavy atom. The number of hydrogen-bond acceptors (Lipinski definition) is 4. The number of benzene rings is 2. The fourth-order valence-corrected chi connectivity index (χ4v) is 4.30. The topological polar surface area (TPSA) is 73.2 Å². The van der Waals surface area contributed by atoms with Crippen molar-refractivity contribution in [3.8, 4) is 6.07 Å². The van der Waals surface area contributed by atoms with Crippen LogP contribution in [0.2, 0.25) is 0 Å². The van der Waals surface area contributed by atoms with E-state index in [9.17, 15) is 14.9 Å². The maximum atomic E-state index is 12.9. The van der Waals surface area contributed by atoms with Crippen LogP contribution >= 0.6 is 11.8 Å². The van der Waals surface area contributed by atoms with Gasteiger partial charge in [-0.25, -0.2) is 0 Å². The average molecular weight is 406 g/mol. The van der Waals surface area contributed by atoms with E-state index in [0.717, 1.165) is 11.1 Å². The normalized spacial score (nSPS) is 17.8. The van der Waals surface area contributed by atoms with E-state index >= 15 is 0 Å². The molecule has 0 aromatic heterocycles. The molecule has 0 spiro atoms. The molecule has 1 saturated heterocycles. The molecule has 3 rings (SSSR count). The predicted molar refractivity (Wildman–Crippen MR) is 116 cm³/mol. The third-order valence-corrected chi connectivity index (χ3v) is 6.14. The number of aryl methyl sites for hydroxylation is 1. The second-order valence-electron chi connectivity index (χ2n) is 6.81. The van der Waals surface area contributed by atoms with E-state index in [2.05, 4.69) is 5.32 Å². The van der Waals surface area contributed by atoms with Crippen molar-refractivity contribution in [2.45, 2.75) is 31.9 Å². The number of carbonyl (C=O) groups excluding carboxylic acids is 2. The van der Waals surface area contributed by atoms with Gasteiger partial charge in [0.15, 0.2) is 0 Å². The van der Waals surface area contributed by atoms with Gasteiger partial charge in [0.25, 0.3) is 5.91 Å². The molecule has 1 aliphatic rings. The lowest BCUT2D eigenvalue weighted by Gasteiger charge is -2.19. The Morgan fingerprint density at radius 2 is 1.86 bits per heavy atom. The number of anilines is 1. The van der Waals surface area contributed by atoms with Crippen molar-refractivity contribution in [2.24, 2.45) is 0 Å². The number of nitriles is 1. The van der Waals surface area contributed by atoms with Crippen molar-refractivity contribution >= 4 is 29.3 Å². The second-order valence-corrected chi connectivity index (χ2v) is 8.00. The lowest BCUT2D eigenvalue weighted by molar-refractivity contribution is -0.117. The summed E-state index contributed by atoms with van der Waals surface area (Å²) in [5.74, 6) is -0.547. The van der Waals surface area contributed by atoms with Crippen LogP contribution in [0.3, 0.4) is 0 Å². The number of nitrogens with zero attached hydrogens (tertiary/aromatic N) is 2. The monoisotopic (exact) mass is 405 g/mol. The van der Waals surface area contributed by atoms with Gasteiger partial charge < -0.3 is 5.32 Å². The van der Waals surface area contributed by atoms with Crippen molar-refractivity contribution in [1.29, 1.82) is 5.26 Å². The highest BCUT2D eigenvalue weighted by Gasteiger charge is 2.39. The van der Waals surface area contributed by atoms with E-state index in [4.69, 9.17) is 0 Å². The molecule has 1 aliphatic heterocycles. The number of hydrogen-bond donors (Lipinski definition) is 1. The van der Waals surface area contributed by atoms with Gasteiger partial charge in [-0.3, -0.25) is 14.5 Å². The van der Waals surface area contributed by atoms with E-state index in [1.54, 1.807) is 0 Å². The Kier molecular flexibility index (Phi) is 6.73. The van der Waals surface area contributed by atoms with Crippen LogP contribution in [-0.4, -0.2) is 23.6 Å². The molecule has 1 atom stereocenters. The number of amides is 2. The summed E-state index contributed by atoms with van der Waals surface area (Å²) in [6.07, 6.45) is 1.30. The number of nitrogens with one attached hydrogen (secondary N) is 1. The molecule has 1 N–H and O–H groups in total. The van der Waals surface area contributed by atoms with Crippen molar-refractivity contribution in [3.63, 3.8) is 0 Å². The van der Waals surface area contributed by atoms with E-state index in [0.29, 0.717) is 30.1 Å². The van der Waals surface area contributed by atoms with Gasteiger partial charge in [0.1, 0.15) is 16.7 Å². The van der Waals surface area contributed by atoms with E-state index in [-0.39, 0.29) is 16.7 Å². The highest BCUT2D eigenvalue weighted by Crippen LogP contribution is 2.41. The molecule has 1 unspecified atom stereocenters. The van der Waals surface area contributed by atoms with Gasteiger partial charge in [0.2, 0.25) is 5.91 Å². The fourth-order valence-electron chi connectivity index (χ4n) is 3.10. The predicted octanol–water partition coefficient (Wildman–Crippen LogP) is 3.95. The first kappa shape index (κ1) is 20.7. The lowest BCUT2D eigenvalue weighted by atomic mass is 10.1. The first-order valence-corrected chi connectivity index (χ1v) is 10.5. The summed E-state index contributed by atoms with van der Waals surface area (Å²) in [5, 5.41) is 12.6. The van der Waals surface area contributed by atoms with E-state index in [1.807, 2.05) is 74.5 Å². The third-order valence-electron chi connectivity index (χ3n) is 4.71. The summed E-state index contributed by atoms with van der Waals surface area (Å²) in [7, 11) is 0. The highest BCUT2D eigenvalue weighted by molar-refractivity contribution is 8.05. The molecule has 0 radical (unpaired) electrons. The molecule has 1 heterocycles. The smallest absolute Gasteiger partial charge is 0.264 e. The minimum atomic E-state index is -0.451. The molecule has 2 amide bonds. The first-order chi connectivity index (χ1) is 14.0. The molecular formula is C23H23N3O2S. The van der Waals surface area contributed by atoms with Crippen LogP contribution in [0.5, 0.6) is 0 Å². The largest absolute Gasteiger partial charge is 0.351 e. The highest BCUT2D eigenvalue weighted by atomic mass is 32.2. The van der Waals surface area contributed by atoms with Gasteiger partial charge in [-0.1, -0.05) is 66.7 Å². The molecule has 5 nitrogen and oxygen atoms in total. The Morgan fingerprint density at radius 3 is 2.48 bits per heavy atom. The summed E-state index contributed by atoms with van der Waals surface area (Å²) < 4.78 is 0. The molecule has 0 bridgehead atoms. The molecule has 0 aliphatic carbocycles. The Labute approximate surface area is 175 Å². The molecule has 2 aromatic rings. The summed E-state index contributed by atoms with van der Waals surface area (Å²) in [5.41, 5.74) is 2.83. The third kappa shape index (κ3) is 4.69. The molecule has 6 heteroatoms. The maximum absolute atomic E-state index is 12.9. The molecule has 1 fully saturated rings. The van der Waals surface area contributed by atoms with Crippen molar-refractivity contribution in [2.75, 3.05) is 11.4 Å². The van der Waals surface area contributed by atoms with Crippen molar-refractivity contribution in [3.05, 3.63) is 76.3 Å². The van der Waals surface area contributed by atoms with Crippen LogP contribution in [0.25, 0.3) is 0 Å². The van der Waals surface area contributed by atoms with Gasteiger partial charge >= 0.3 is 0 Å². The van der Waals surface area contributed by atoms with Gasteiger partial charge in [0, 0.05) is 12.2 Å². The lowest BCUT2D eigenvalue weighted by Crippen LogP contribution is -2.32. The minimum absolute atomic E-state index is 0.0204. The van der Waals surface area contributed by atoms with Gasteiger partial charge in [0.05, 0.1) is 5.25 Å². The van der Waals surface area contributed by atoms with Crippen LogP contribution in [0.15, 0.2) is 65.2 Å². The van der Waals surface area contributed by atoms with E-state index in [1.165, 1.54) is 16.7 Å². The van der Waals surface area contributed by atoms with Gasteiger partial charge in [-0.05, 0) is 37.5 Å². The van der Waals surface area contributed by atoms with Crippen molar-refractivity contribution < 1.29 is 9.59 Å². The SMILES string of the molecule is CCC1S/C(=C(/C#N)C(=O)NCCc2ccccc2)N(c2ccc(C)cc2)C1=O. The molecule has 148 valence electrons. The quantitative estimate of drug-likeness (QED) is 0.583. The van der Waals surface area contributed by atoms with Crippen LogP contribution in [0.1, 0.15) is 24.5 Å². The Bertz CT molecular complexity index is 962. The number of thioether (sulfide) groups is 1. The summed E-state index contributed by atoms with van der Waals surface area (Å²) in [6, 6.07) is 19.4. The maximum Gasteiger partial charge on any atom is 0.264 e. The molecule has 0 saturated carbocycles. The minimum Gasteiger partial charge on any atom is -0.351 e. The zero-order chi connectivity index (χ0) is 20.8. The molecular weight excluding hydrogens is 382 g/mol. The zero-order valence-electron chi connectivity index (χ0n) is 16.5. The van der Waals surface area contributed by atoms with Crippen molar-refractivity contribution in [1.82, 2.24) is 5.32 Å². The van der Waals surface area contributed by atoms with E-state index < -0.39 is 5.91 Å². The summed E-state index contributed by atoms with van der Waals surface area (Å²) >= 11 is 1.29. The molecule has 29 heavy (non-hydrogen) atoms. The van der Waals surface area contributed by atoms with Crippen LogP contribution < -0.4 is 10.2 Å². The Balaban J connectivity index is 1.84. The standard InChI is InChI=1S/C23H23N3O2S/c1-3-20-22(28)26(18-11-9-16(2)10-12-18)23(29-20)19(15-24)21(27)25-14-13-17-7-5-4-6-8-17/h4-12,20H,3,13-14H2,1-2H3,(H,25,27)/b23-19-. The summed E-state index contributed by atoms with van der Waals surface area (Å²) in [4.78, 5) is 27.2.